The minimum Gasteiger partial charge on any atom is -0.507 e. The van der Waals surface area contributed by atoms with Crippen molar-refractivity contribution in [3.05, 3.63) is 55.7 Å². The van der Waals surface area contributed by atoms with Crippen molar-refractivity contribution in [3.63, 3.8) is 0 Å². The molecule has 2 aromatic carbocycles. The van der Waals surface area contributed by atoms with E-state index in [1.807, 2.05) is 45.0 Å². The Morgan fingerprint density at radius 3 is 2.59 bits per heavy atom. The number of hydrogen-bond acceptors (Lipinski definition) is 5. The van der Waals surface area contributed by atoms with Crippen molar-refractivity contribution in [1.29, 1.82) is 0 Å². The number of carbonyl (C=O) groups excluding carboxylic acids is 2. The van der Waals surface area contributed by atoms with Crippen LogP contribution in [0.2, 0.25) is 0 Å². The lowest BCUT2D eigenvalue weighted by molar-refractivity contribution is -0.140. The predicted molar refractivity (Wildman–Crippen MR) is 130 cm³/mol. The van der Waals surface area contributed by atoms with E-state index in [9.17, 15) is 19.8 Å². The molecule has 7 nitrogen and oxygen atoms in total. The molecule has 0 saturated heterocycles. The number of rotatable bonds is 6. The number of hydrogen-bond donors (Lipinski definition) is 4. The van der Waals surface area contributed by atoms with Crippen LogP contribution in [0.3, 0.4) is 0 Å². The summed E-state index contributed by atoms with van der Waals surface area (Å²) in [5, 5.41) is 25.5. The first-order valence-corrected chi connectivity index (χ1v) is 11.6. The molecule has 32 heavy (non-hydrogen) atoms. The Balaban J connectivity index is 1.70. The molecular weight excluding hydrogens is 523 g/mol. The minimum atomic E-state index is -1.20. The summed E-state index contributed by atoms with van der Waals surface area (Å²) in [6, 6.07) is 6.62. The predicted octanol–water partition coefficient (Wildman–Crippen LogP) is 2.80. The maximum atomic E-state index is 13.1. The van der Waals surface area contributed by atoms with Crippen LogP contribution >= 0.6 is 22.6 Å². The first-order valence-electron chi connectivity index (χ1n) is 10.5. The number of benzene rings is 2. The second-order valence-electron chi connectivity index (χ2n) is 8.42. The number of fused-ring (bicyclic) bond motifs is 1. The third-order valence-electron chi connectivity index (χ3n) is 6.16. The number of phenols is 1. The smallest absolute Gasteiger partial charge is 0.264 e. The van der Waals surface area contributed by atoms with Crippen LogP contribution in [-0.2, 0) is 22.6 Å². The van der Waals surface area contributed by atoms with Crippen molar-refractivity contribution in [2.45, 2.75) is 58.7 Å². The van der Waals surface area contributed by atoms with Gasteiger partial charge in [0.1, 0.15) is 17.5 Å². The Kier molecular flexibility index (Phi) is 7.34. The lowest BCUT2D eigenvalue weighted by Crippen LogP contribution is -2.57. The van der Waals surface area contributed by atoms with E-state index < -0.39 is 30.1 Å². The minimum absolute atomic E-state index is 0.253. The number of phenolic OH excluding ortho intramolecular Hbond substituents is 1. The van der Waals surface area contributed by atoms with E-state index >= 15 is 0 Å². The second-order valence-corrected chi connectivity index (χ2v) is 9.67. The number of aliphatic hydroxyl groups excluding tert-OH is 1. The van der Waals surface area contributed by atoms with E-state index in [1.165, 1.54) is 0 Å². The Morgan fingerprint density at radius 1 is 1.22 bits per heavy atom. The van der Waals surface area contributed by atoms with Crippen LogP contribution in [0.1, 0.15) is 41.2 Å². The summed E-state index contributed by atoms with van der Waals surface area (Å²) in [6.45, 7) is 6.96. The third kappa shape index (κ3) is 4.85. The van der Waals surface area contributed by atoms with Crippen molar-refractivity contribution >= 4 is 34.4 Å². The Hall–Kier alpha value is -2.33. The maximum Gasteiger partial charge on any atom is 0.264 e. The van der Waals surface area contributed by atoms with Crippen LogP contribution in [0.25, 0.3) is 0 Å². The molecule has 4 N–H and O–H groups in total. The highest BCUT2D eigenvalue weighted by molar-refractivity contribution is 14.1. The lowest BCUT2D eigenvalue weighted by atomic mass is 9.86. The topological polar surface area (TPSA) is 108 Å². The zero-order valence-electron chi connectivity index (χ0n) is 18.7. The van der Waals surface area contributed by atoms with Gasteiger partial charge in [-0.2, -0.15) is 0 Å². The first kappa shape index (κ1) is 24.3. The van der Waals surface area contributed by atoms with Gasteiger partial charge in [0.05, 0.1) is 6.61 Å². The van der Waals surface area contributed by atoms with Crippen LogP contribution in [0, 0.1) is 24.3 Å². The molecule has 0 saturated carbocycles. The molecule has 1 heterocycles. The van der Waals surface area contributed by atoms with Crippen molar-refractivity contribution in [1.82, 2.24) is 10.6 Å². The number of ether oxygens (including phenoxy) is 1. The highest BCUT2D eigenvalue weighted by Crippen LogP contribution is 2.43. The summed E-state index contributed by atoms with van der Waals surface area (Å²) in [5.74, 6) is -0.0740. The molecular formula is C24H29IN2O5. The summed E-state index contributed by atoms with van der Waals surface area (Å²) in [6.07, 6.45) is 0.944. The lowest BCUT2D eigenvalue weighted by Gasteiger charge is -2.37. The highest BCUT2D eigenvalue weighted by Gasteiger charge is 2.42. The molecule has 3 rings (SSSR count). The van der Waals surface area contributed by atoms with Gasteiger partial charge in [0.2, 0.25) is 5.91 Å². The average Bonchev–Trinajstić information content (AvgIpc) is 2.78. The molecule has 0 aromatic heterocycles. The van der Waals surface area contributed by atoms with Gasteiger partial charge in [0.25, 0.3) is 5.91 Å². The molecule has 2 aromatic rings. The van der Waals surface area contributed by atoms with Crippen molar-refractivity contribution < 1.29 is 24.5 Å². The molecule has 1 aliphatic rings. The Labute approximate surface area is 201 Å². The van der Waals surface area contributed by atoms with E-state index in [0.29, 0.717) is 30.7 Å². The largest absolute Gasteiger partial charge is 0.507 e. The average molecular weight is 552 g/mol. The fourth-order valence-electron chi connectivity index (χ4n) is 3.87. The molecule has 2 amide bonds. The number of amides is 2. The number of halogens is 1. The summed E-state index contributed by atoms with van der Waals surface area (Å²) in [5.41, 5.74) is 2.89. The number of carbonyl (C=O) groups is 2. The van der Waals surface area contributed by atoms with Crippen LogP contribution in [-0.4, -0.2) is 40.3 Å². The molecule has 172 valence electrons. The summed E-state index contributed by atoms with van der Waals surface area (Å²) < 4.78 is 7.21. The summed E-state index contributed by atoms with van der Waals surface area (Å²) in [7, 11) is 0. The molecule has 0 fully saturated rings. The van der Waals surface area contributed by atoms with Crippen LogP contribution < -0.4 is 15.4 Å². The number of nitrogens with one attached hydrogen (secondary N) is 2. The van der Waals surface area contributed by atoms with Crippen molar-refractivity contribution in [2.75, 3.05) is 6.61 Å². The van der Waals surface area contributed by atoms with Gasteiger partial charge < -0.3 is 25.6 Å². The van der Waals surface area contributed by atoms with Gasteiger partial charge in [0, 0.05) is 22.1 Å². The van der Waals surface area contributed by atoms with Crippen LogP contribution in [0.15, 0.2) is 24.3 Å². The second kappa shape index (κ2) is 9.66. The van der Waals surface area contributed by atoms with Crippen LogP contribution in [0.4, 0.5) is 0 Å². The van der Waals surface area contributed by atoms with Crippen LogP contribution in [0.5, 0.6) is 11.5 Å². The van der Waals surface area contributed by atoms with Crippen molar-refractivity contribution in [2.24, 2.45) is 0 Å². The van der Waals surface area contributed by atoms with Gasteiger partial charge in [-0.15, -0.1) is 0 Å². The van der Waals surface area contributed by atoms with Gasteiger partial charge in [0.15, 0.2) is 5.60 Å². The van der Waals surface area contributed by atoms with Gasteiger partial charge >= 0.3 is 0 Å². The fourth-order valence-corrected chi connectivity index (χ4v) is 4.48. The molecule has 1 unspecified atom stereocenters. The quantitative estimate of drug-likeness (QED) is 0.413. The SMILES string of the molecule is Cc1c(C)c2c(c(C)c1O)CCC(C)(C(=O)N[C@@H](CO)C(=O)NCc1cccc(I)c1)O2. The first-order chi connectivity index (χ1) is 15.1. The zero-order valence-corrected chi connectivity index (χ0v) is 20.9. The zero-order chi connectivity index (χ0) is 23.6. The monoisotopic (exact) mass is 552 g/mol. The van der Waals surface area contributed by atoms with E-state index in [0.717, 1.165) is 25.8 Å². The number of aliphatic hydroxyl groups is 1. The summed E-state index contributed by atoms with van der Waals surface area (Å²) >= 11 is 2.20. The van der Waals surface area contributed by atoms with E-state index in [1.54, 1.807) is 6.92 Å². The van der Waals surface area contributed by atoms with E-state index in [4.69, 9.17) is 4.74 Å². The van der Waals surface area contributed by atoms with E-state index in [-0.39, 0.29) is 5.75 Å². The van der Waals surface area contributed by atoms with Gasteiger partial charge in [-0.25, -0.2) is 0 Å². The molecule has 0 spiro atoms. The Morgan fingerprint density at radius 2 is 1.94 bits per heavy atom. The van der Waals surface area contributed by atoms with Gasteiger partial charge in [-0.05, 0) is 91.1 Å². The standard InChI is InChI=1S/C24H29IN2O5/c1-13-14(2)21-18(15(3)20(13)29)8-9-24(4,32-21)23(31)27-19(12-28)22(30)26-11-16-6-5-7-17(25)10-16/h5-7,10,19,28-29H,8-9,11-12H2,1-4H3,(H,26,30)(H,27,31)/t19-,24?/m0/s1. The molecule has 1 aliphatic heterocycles. The molecule has 8 heteroatoms. The maximum absolute atomic E-state index is 13.1. The fraction of sp³-hybridized carbons (Fsp3) is 0.417. The number of aromatic hydroxyl groups is 1. The van der Waals surface area contributed by atoms with Gasteiger partial charge in [-0.3, -0.25) is 9.59 Å². The summed E-state index contributed by atoms with van der Waals surface area (Å²) in [4.78, 5) is 25.7. The highest BCUT2D eigenvalue weighted by atomic mass is 127. The normalized spacial score (nSPS) is 18.3. The molecule has 0 bridgehead atoms. The van der Waals surface area contributed by atoms with E-state index in [2.05, 4.69) is 33.2 Å². The van der Waals surface area contributed by atoms with Gasteiger partial charge in [-0.1, -0.05) is 12.1 Å². The Bertz CT molecular complexity index is 1060. The molecule has 0 radical (unpaired) electrons. The third-order valence-corrected chi connectivity index (χ3v) is 6.83. The molecule has 0 aliphatic carbocycles. The molecule has 2 atom stereocenters. The van der Waals surface area contributed by atoms with Crippen molar-refractivity contribution in [3.8, 4) is 11.5 Å².